The second-order valence-electron chi connectivity index (χ2n) is 3.33. The Hall–Kier alpha value is -1.65. The van der Waals surface area contributed by atoms with E-state index >= 15 is 0 Å². The summed E-state index contributed by atoms with van der Waals surface area (Å²) in [7, 11) is 0. The summed E-state index contributed by atoms with van der Waals surface area (Å²) in [5.41, 5.74) is 1.02. The van der Waals surface area contributed by atoms with Gasteiger partial charge < -0.3 is 10.2 Å². The number of hydrogen-bond donors (Lipinski definition) is 1. The fourth-order valence-electron chi connectivity index (χ4n) is 1.36. The number of anilines is 1. The number of piperazine rings is 1. The van der Waals surface area contributed by atoms with Crippen LogP contribution in [-0.2, 0) is 4.79 Å². The van der Waals surface area contributed by atoms with Crippen LogP contribution in [0.25, 0.3) is 0 Å². The number of aryl methyl sites for hydroxylation is 1. The Morgan fingerprint density at radius 3 is 2.79 bits per heavy atom. The highest BCUT2D eigenvalue weighted by Crippen LogP contribution is 2.07. The smallest absolute Gasteiger partial charge is 0.239 e. The molecular weight excluding hydrogens is 180 g/mol. The van der Waals surface area contributed by atoms with Crippen LogP contribution in [0, 0.1) is 6.92 Å². The third-order valence-corrected chi connectivity index (χ3v) is 2.09. The molecule has 14 heavy (non-hydrogen) atoms. The largest absolute Gasteiger partial charge is 0.353 e. The van der Waals surface area contributed by atoms with Crippen molar-refractivity contribution in [1.82, 2.24) is 15.3 Å². The van der Waals surface area contributed by atoms with E-state index in [1.54, 1.807) is 12.4 Å². The molecule has 1 saturated heterocycles. The Morgan fingerprint density at radius 1 is 1.43 bits per heavy atom. The summed E-state index contributed by atoms with van der Waals surface area (Å²) in [5, 5.41) is 2.76. The van der Waals surface area contributed by atoms with Gasteiger partial charge in [-0.25, -0.2) is 9.97 Å². The minimum Gasteiger partial charge on any atom is -0.353 e. The third-order valence-electron chi connectivity index (χ3n) is 2.09. The summed E-state index contributed by atoms with van der Waals surface area (Å²) in [5.74, 6) is 0.658. The van der Waals surface area contributed by atoms with Gasteiger partial charge in [0.05, 0.1) is 6.54 Å². The van der Waals surface area contributed by atoms with Gasteiger partial charge in [-0.1, -0.05) is 0 Å². The summed E-state index contributed by atoms with van der Waals surface area (Å²) in [4.78, 5) is 21.3. The third kappa shape index (κ3) is 1.81. The first-order valence-electron chi connectivity index (χ1n) is 4.56. The van der Waals surface area contributed by atoms with E-state index in [4.69, 9.17) is 0 Å². The van der Waals surface area contributed by atoms with Gasteiger partial charge in [-0.05, 0) is 12.5 Å². The van der Waals surface area contributed by atoms with Gasteiger partial charge in [-0.15, -0.1) is 0 Å². The average Bonchev–Trinajstić information content (AvgIpc) is 2.19. The Bertz CT molecular complexity index is 335. The topological polar surface area (TPSA) is 58.1 Å². The van der Waals surface area contributed by atoms with Crippen molar-refractivity contribution in [2.45, 2.75) is 6.92 Å². The Balaban J connectivity index is 2.14. The maximum Gasteiger partial charge on any atom is 0.239 e. The Kier molecular flexibility index (Phi) is 2.30. The highest BCUT2D eigenvalue weighted by molar-refractivity contribution is 5.81. The quantitative estimate of drug-likeness (QED) is 0.665. The molecule has 1 aliphatic rings. The van der Waals surface area contributed by atoms with E-state index in [2.05, 4.69) is 15.3 Å². The number of nitrogens with one attached hydrogen (secondary N) is 1. The first-order chi connectivity index (χ1) is 6.75. The van der Waals surface area contributed by atoms with Crippen molar-refractivity contribution in [1.29, 1.82) is 0 Å². The minimum absolute atomic E-state index is 0.0282. The standard InChI is InChI=1S/C9H12N4O/c1-7-4-11-9(12-5-7)13-3-2-10-8(14)6-13/h4-5H,2-3,6H2,1H3,(H,10,14). The lowest BCUT2D eigenvalue weighted by Crippen LogP contribution is -2.48. The molecule has 0 bridgehead atoms. The van der Waals surface area contributed by atoms with Gasteiger partial charge in [0.1, 0.15) is 0 Å². The van der Waals surface area contributed by atoms with Gasteiger partial charge in [0.15, 0.2) is 0 Å². The molecule has 1 aromatic heterocycles. The van der Waals surface area contributed by atoms with Gasteiger partial charge in [0, 0.05) is 25.5 Å². The van der Waals surface area contributed by atoms with Crippen LogP contribution in [0.15, 0.2) is 12.4 Å². The van der Waals surface area contributed by atoms with E-state index in [0.29, 0.717) is 19.0 Å². The van der Waals surface area contributed by atoms with E-state index in [1.807, 2.05) is 11.8 Å². The van der Waals surface area contributed by atoms with Gasteiger partial charge >= 0.3 is 0 Å². The molecule has 1 aliphatic heterocycles. The lowest BCUT2D eigenvalue weighted by molar-refractivity contribution is -0.120. The number of carbonyl (C=O) groups is 1. The number of carbonyl (C=O) groups excluding carboxylic acids is 1. The van der Waals surface area contributed by atoms with Crippen molar-refractivity contribution in [2.75, 3.05) is 24.5 Å². The molecule has 0 saturated carbocycles. The minimum atomic E-state index is 0.0282. The fourth-order valence-corrected chi connectivity index (χ4v) is 1.36. The molecule has 2 rings (SSSR count). The second kappa shape index (κ2) is 3.61. The van der Waals surface area contributed by atoms with E-state index in [1.165, 1.54) is 0 Å². The van der Waals surface area contributed by atoms with Crippen molar-refractivity contribution < 1.29 is 4.79 Å². The molecular formula is C9H12N4O. The van der Waals surface area contributed by atoms with Crippen molar-refractivity contribution >= 4 is 11.9 Å². The van der Waals surface area contributed by atoms with Crippen LogP contribution >= 0.6 is 0 Å². The van der Waals surface area contributed by atoms with E-state index in [9.17, 15) is 4.79 Å². The van der Waals surface area contributed by atoms with Crippen molar-refractivity contribution in [3.63, 3.8) is 0 Å². The predicted octanol–water partition coefficient (Wildman–Crippen LogP) is -0.279. The van der Waals surface area contributed by atoms with Crippen LogP contribution in [0.1, 0.15) is 5.56 Å². The average molecular weight is 192 g/mol. The highest BCUT2D eigenvalue weighted by Gasteiger charge is 2.17. The zero-order valence-corrected chi connectivity index (χ0v) is 8.03. The molecule has 0 atom stereocenters. The summed E-state index contributed by atoms with van der Waals surface area (Å²) in [6.45, 7) is 3.72. The molecule has 1 N–H and O–H groups in total. The first-order valence-corrected chi connectivity index (χ1v) is 4.56. The summed E-state index contributed by atoms with van der Waals surface area (Å²) in [6, 6.07) is 0. The number of amides is 1. The molecule has 0 unspecified atom stereocenters. The van der Waals surface area contributed by atoms with Gasteiger partial charge in [-0.3, -0.25) is 4.79 Å². The molecule has 0 spiro atoms. The zero-order chi connectivity index (χ0) is 9.97. The summed E-state index contributed by atoms with van der Waals surface area (Å²) < 4.78 is 0. The highest BCUT2D eigenvalue weighted by atomic mass is 16.2. The molecule has 0 aromatic carbocycles. The molecule has 1 amide bonds. The van der Waals surface area contributed by atoms with E-state index in [0.717, 1.165) is 12.1 Å². The van der Waals surface area contributed by atoms with E-state index < -0.39 is 0 Å². The lowest BCUT2D eigenvalue weighted by atomic mass is 10.3. The van der Waals surface area contributed by atoms with Gasteiger partial charge in [0.2, 0.25) is 11.9 Å². The fraction of sp³-hybridized carbons (Fsp3) is 0.444. The maximum atomic E-state index is 11.1. The maximum absolute atomic E-state index is 11.1. The number of hydrogen-bond acceptors (Lipinski definition) is 4. The SMILES string of the molecule is Cc1cnc(N2CCNC(=O)C2)nc1. The van der Waals surface area contributed by atoms with Crippen molar-refractivity contribution in [3.05, 3.63) is 18.0 Å². The van der Waals surface area contributed by atoms with Crippen molar-refractivity contribution in [3.8, 4) is 0 Å². The van der Waals surface area contributed by atoms with Crippen LogP contribution in [0.5, 0.6) is 0 Å². The van der Waals surface area contributed by atoms with E-state index in [-0.39, 0.29) is 5.91 Å². The summed E-state index contributed by atoms with van der Waals surface area (Å²) >= 11 is 0. The molecule has 2 heterocycles. The van der Waals surface area contributed by atoms with Crippen LogP contribution in [-0.4, -0.2) is 35.5 Å². The number of rotatable bonds is 1. The van der Waals surface area contributed by atoms with Crippen LogP contribution in [0.2, 0.25) is 0 Å². The summed E-state index contributed by atoms with van der Waals surface area (Å²) in [6.07, 6.45) is 3.52. The molecule has 1 aromatic rings. The van der Waals surface area contributed by atoms with Gasteiger partial charge in [0.25, 0.3) is 0 Å². The number of aromatic nitrogens is 2. The molecule has 5 nitrogen and oxygen atoms in total. The van der Waals surface area contributed by atoms with Gasteiger partial charge in [-0.2, -0.15) is 0 Å². The molecule has 0 radical (unpaired) electrons. The van der Waals surface area contributed by atoms with Crippen molar-refractivity contribution in [2.24, 2.45) is 0 Å². The zero-order valence-electron chi connectivity index (χ0n) is 8.03. The first kappa shape index (κ1) is 8.93. The number of nitrogens with zero attached hydrogens (tertiary/aromatic N) is 3. The molecule has 5 heteroatoms. The monoisotopic (exact) mass is 192 g/mol. The normalized spacial score (nSPS) is 16.6. The molecule has 0 aliphatic carbocycles. The molecule has 74 valence electrons. The Morgan fingerprint density at radius 2 is 2.14 bits per heavy atom. The Labute approximate surface area is 82.2 Å². The van der Waals surface area contributed by atoms with Crippen LogP contribution in [0.4, 0.5) is 5.95 Å². The van der Waals surface area contributed by atoms with Crippen LogP contribution < -0.4 is 10.2 Å². The lowest BCUT2D eigenvalue weighted by Gasteiger charge is -2.26. The van der Waals surface area contributed by atoms with Crippen LogP contribution in [0.3, 0.4) is 0 Å². The predicted molar refractivity (Wildman–Crippen MR) is 52.0 cm³/mol. The molecule has 1 fully saturated rings. The second-order valence-corrected chi connectivity index (χ2v) is 3.33.